The van der Waals surface area contributed by atoms with Crippen LogP contribution in [0.2, 0.25) is 0 Å². The third-order valence-electron chi connectivity index (χ3n) is 7.63. The van der Waals surface area contributed by atoms with Crippen LogP contribution in [-0.4, -0.2) is 58.8 Å². The standard InChI is InChI=1S/C27H28N2O6/c1-35-17-11-10-16-12-13-28(24(30)20-8-4-5-9-21(20)27(33)34)23(22(16)14-17)15-29-25(31)18-6-2-3-7-19(18)26(29)32/h2-3,6-7,10-11,14,20-21,23H,4-5,8-9,12-13,15H2,1H3,(H,33,34)/t20-,21+,23-/m0/s1. The number of hydrogen-bond donors (Lipinski definition) is 1. The van der Waals surface area contributed by atoms with Gasteiger partial charge >= 0.3 is 5.97 Å². The van der Waals surface area contributed by atoms with E-state index in [2.05, 4.69) is 0 Å². The maximum atomic E-state index is 13.8. The second kappa shape index (κ2) is 9.17. The molecule has 2 aromatic rings. The fourth-order valence-electron chi connectivity index (χ4n) is 5.78. The van der Waals surface area contributed by atoms with Crippen LogP contribution < -0.4 is 4.74 Å². The van der Waals surface area contributed by atoms with Crippen molar-refractivity contribution in [2.45, 2.75) is 38.1 Å². The highest BCUT2D eigenvalue weighted by Crippen LogP contribution is 2.39. The Hall–Kier alpha value is -3.68. The number of hydrogen-bond acceptors (Lipinski definition) is 5. The summed E-state index contributed by atoms with van der Waals surface area (Å²) in [6.45, 7) is 0.400. The van der Waals surface area contributed by atoms with Gasteiger partial charge in [-0.05, 0) is 54.7 Å². The van der Waals surface area contributed by atoms with Gasteiger partial charge in [-0.3, -0.25) is 24.1 Å². The van der Waals surface area contributed by atoms with Crippen LogP contribution in [0.25, 0.3) is 0 Å². The molecule has 0 unspecified atom stereocenters. The highest BCUT2D eigenvalue weighted by molar-refractivity contribution is 6.21. The summed E-state index contributed by atoms with van der Waals surface area (Å²) >= 11 is 0. The molecule has 182 valence electrons. The van der Waals surface area contributed by atoms with Gasteiger partial charge in [0.05, 0.1) is 42.7 Å². The average molecular weight is 477 g/mol. The van der Waals surface area contributed by atoms with Gasteiger partial charge in [0.25, 0.3) is 11.8 Å². The maximum absolute atomic E-state index is 13.8. The van der Waals surface area contributed by atoms with Crippen molar-refractivity contribution >= 4 is 23.7 Å². The van der Waals surface area contributed by atoms with Crippen LogP contribution in [-0.2, 0) is 16.0 Å². The Bertz CT molecular complexity index is 1170. The van der Waals surface area contributed by atoms with E-state index < -0.39 is 23.8 Å². The van der Waals surface area contributed by atoms with E-state index in [9.17, 15) is 24.3 Å². The highest BCUT2D eigenvalue weighted by Gasteiger charge is 2.44. The third kappa shape index (κ3) is 3.96. The number of carboxylic acids is 1. The first-order chi connectivity index (χ1) is 16.9. The van der Waals surface area contributed by atoms with Crippen LogP contribution in [0.5, 0.6) is 5.75 Å². The summed E-state index contributed by atoms with van der Waals surface area (Å²) in [6.07, 6.45) is 3.21. The summed E-state index contributed by atoms with van der Waals surface area (Å²) in [6, 6.07) is 11.8. The molecular formula is C27H28N2O6. The Morgan fingerprint density at radius 2 is 1.66 bits per heavy atom. The number of methoxy groups -OCH3 is 1. The van der Waals surface area contributed by atoms with Crippen LogP contribution in [0.3, 0.4) is 0 Å². The number of imide groups is 1. The van der Waals surface area contributed by atoms with Crippen molar-refractivity contribution in [3.05, 3.63) is 64.7 Å². The quantitative estimate of drug-likeness (QED) is 0.664. The number of ether oxygens (including phenoxy) is 1. The lowest BCUT2D eigenvalue weighted by molar-refractivity contribution is -0.153. The summed E-state index contributed by atoms with van der Waals surface area (Å²) in [5, 5.41) is 9.76. The molecule has 2 heterocycles. The molecule has 1 saturated carbocycles. The predicted molar refractivity (Wildman–Crippen MR) is 126 cm³/mol. The molecule has 3 atom stereocenters. The van der Waals surface area contributed by atoms with Crippen molar-refractivity contribution in [3.63, 3.8) is 0 Å². The fourth-order valence-corrected chi connectivity index (χ4v) is 5.78. The molecule has 0 saturated heterocycles. The minimum atomic E-state index is -0.945. The molecule has 0 aromatic heterocycles. The molecule has 3 amide bonds. The van der Waals surface area contributed by atoms with Gasteiger partial charge in [-0.15, -0.1) is 0 Å². The largest absolute Gasteiger partial charge is 0.497 e. The average Bonchev–Trinajstić information content (AvgIpc) is 3.13. The van der Waals surface area contributed by atoms with Gasteiger partial charge in [-0.2, -0.15) is 0 Å². The molecule has 1 fully saturated rings. The summed E-state index contributed by atoms with van der Waals surface area (Å²) in [4.78, 5) is 54.9. The molecule has 0 spiro atoms. The smallest absolute Gasteiger partial charge is 0.307 e. The number of amides is 3. The second-order valence-electron chi connectivity index (χ2n) is 9.46. The van der Waals surface area contributed by atoms with E-state index in [0.717, 1.165) is 24.0 Å². The molecule has 2 aliphatic heterocycles. The molecule has 0 bridgehead atoms. The van der Waals surface area contributed by atoms with E-state index in [1.54, 1.807) is 36.3 Å². The van der Waals surface area contributed by atoms with Crippen LogP contribution in [0.4, 0.5) is 0 Å². The second-order valence-corrected chi connectivity index (χ2v) is 9.46. The lowest BCUT2D eigenvalue weighted by Gasteiger charge is -2.42. The number of benzene rings is 2. The zero-order chi connectivity index (χ0) is 24.7. The van der Waals surface area contributed by atoms with E-state index in [1.165, 1.54) is 4.90 Å². The van der Waals surface area contributed by atoms with E-state index in [4.69, 9.17) is 4.74 Å². The van der Waals surface area contributed by atoms with Gasteiger partial charge in [0.2, 0.25) is 5.91 Å². The lowest BCUT2D eigenvalue weighted by atomic mass is 9.77. The SMILES string of the molecule is COc1ccc2c(c1)[C@H](CN1C(=O)c3ccccc3C1=O)N(C(=O)[C@H]1CCCC[C@H]1C(=O)O)CC2. The zero-order valence-electron chi connectivity index (χ0n) is 19.6. The lowest BCUT2D eigenvalue weighted by Crippen LogP contribution is -2.50. The van der Waals surface area contributed by atoms with E-state index in [1.807, 2.05) is 18.2 Å². The van der Waals surface area contributed by atoms with Crippen LogP contribution >= 0.6 is 0 Å². The van der Waals surface area contributed by atoms with E-state index >= 15 is 0 Å². The Morgan fingerprint density at radius 1 is 1.00 bits per heavy atom. The number of aliphatic carboxylic acids is 1. The molecule has 8 nitrogen and oxygen atoms in total. The van der Waals surface area contributed by atoms with Crippen LogP contribution in [0.1, 0.15) is 63.6 Å². The molecule has 0 radical (unpaired) electrons. The Kier molecular flexibility index (Phi) is 6.05. The van der Waals surface area contributed by atoms with E-state index in [-0.39, 0.29) is 24.3 Å². The van der Waals surface area contributed by atoms with Crippen molar-refractivity contribution < 1.29 is 29.0 Å². The third-order valence-corrected chi connectivity index (χ3v) is 7.63. The zero-order valence-corrected chi connectivity index (χ0v) is 19.6. The number of carbonyl (C=O) groups excluding carboxylic acids is 3. The van der Waals surface area contributed by atoms with Gasteiger partial charge < -0.3 is 14.7 Å². The highest BCUT2D eigenvalue weighted by atomic mass is 16.5. The minimum Gasteiger partial charge on any atom is -0.497 e. The normalized spacial score (nSPS) is 23.6. The first-order valence-corrected chi connectivity index (χ1v) is 12.1. The topological polar surface area (TPSA) is 104 Å². The number of nitrogens with zero attached hydrogens (tertiary/aromatic N) is 2. The summed E-state index contributed by atoms with van der Waals surface area (Å²) < 4.78 is 5.42. The van der Waals surface area contributed by atoms with Crippen molar-refractivity contribution in [1.29, 1.82) is 0 Å². The Labute approximate surface area is 203 Å². The summed E-state index contributed by atoms with van der Waals surface area (Å²) in [5.41, 5.74) is 2.56. The van der Waals surface area contributed by atoms with Gasteiger partial charge in [-0.25, -0.2) is 0 Å². The molecule has 2 aromatic carbocycles. The predicted octanol–water partition coefficient (Wildman–Crippen LogP) is 3.31. The number of carboxylic acid groups (broad SMARTS) is 1. The van der Waals surface area contributed by atoms with Gasteiger partial charge in [0.15, 0.2) is 0 Å². The first-order valence-electron chi connectivity index (χ1n) is 12.1. The van der Waals surface area contributed by atoms with Gasteiger partial charge in [0.1, 0.15) is 5.75 Å². The number of carbonyl (C=O) groups is 4. The Morgan fingerprint density at radius 3 is 2.29 bits per heavy atom. The molecule has 8 heteroatoms. The van der Waals surface area contributed by atoms with Crippen molar-refractivity contribution in [2.24, 2.45) is 11.8 Å². The van der Waals surface area contributed by atoms with Crippen molar-refractivity contribution in [1.82, 2.24) is 9.80 Å². The number of fused-ring (bicyclic) bond motifs is 2. The first kappa shape index (κ1) is 23.1. The fraction of sp³-hybridized carbons (Fsp3) is 0.407. The van der Waals surface area contributed by atoms with Crippen LogP contribution in [0, 0.1) is 11.8 Å². The Balaban J connectivity index is 1.52. The van der Waals surface area contributed by atoms with Gasteiger partial charge in [-0.1, -0.05) is 31.0 Å². The molecule has 1 aliphatic carbocycles. The minimum absolute atomic E-state index is 0.00269. The number of rotatable bonds is 5. The van der Waals surface area contributed by atoms with Gasteiger partial charge in [0, 0.05) is 6.54 Å². The van der Waals surface area contributed by atoms with Crippen molar-refractivity contribution in [2.75, 3.05) is 20.2 Å². The molecular weight excluding hydrogens is 448 g/mol. The van der Waals surface area contributed by atoms with Crippen molar-refractivity contribution in [3.8, 4) is 5.75 Å². The molecule has 35 heavy (non-hydrogen) atoms. The summed E-state index contributed by atoms with van der Waals surface area (Å²) in [5.74, 6) is -2.64. The molecule has 1 N–H and O–H groups in total. The monoisotopic (exact) mass is 476 g/mol. The van der Waals surface area contributed by atoms with Crippen LogP contribution in [0.15, 0.2) is 42.5 Å². The maximum Gasteiger partial charge on any atom is 0.307 e. The molecule has 5 rings (SSSR count). The van der Waals surface area contributed by atoms with E-state index in [0.29, 0.717) is 42.7 Å². The molecule has 3 aliphatic rings. The summed E-state index contributed by atoms with van der Waals surface area (Å²) in [7, 11) is 1.56.